The molecule has 1 fully saturated rings. The van der Waals surface area contributed by atoms with E-state index in [4.69, 9.17) is 4.74 Å². The third-order valence-corrected chi connectivity index (χ3v) is 5.86. The summed E-state index contributed by atoms with van der Waals surface area (Å²) in [5, 5.41) is 8.16. The van der Waals surface area contributed by atoms with Gasteiger partial charge in [-0.15, -0.1) is 0 Å². The number of hydrogen-bond donors (Lipinski definition) is 1. The molecule has 2 heterocycles. The normalized spacial score (nSPS) is 14.3. The van der Waals surface area contributed by atoms with Crippen LogP contribution in [0.2, 0.25) is 0 Å². The lowest BCUT2D eigenvalue weighted by Gasteiger charge is -2.14. The Bertz CT molecular complexity index is 928. The molecule has 3 aromatic rings. The highest BCUT2D eigenvalue weighted by atomic mass is 32.2. The lowest BCUT2D eigenvalue weighted by atomic mass is 10.2. The molecule has 4 rings (SSSR count). The summed E-state index contributed by atoms with van der Waals surface area (Å²) in [6, 6.07) is 9.99. The molecule has 1 aliphatic rings. The molecule has 0 spiro atoms. The van der Waals surface area contributed by atoms with Crippen LogP contribution in [0.25, 0.3) is 5.69 Å². The van der Waals surface area contributed by atoms with Crippen LogP contribution in [-0.4, -0.2) is 38.1 Å². The largest absolute Gasteiger partial charge is 0.497 e. The third-order valence-electron chi connectivity index (χ3n) is 4.90. The lowest BCUT2D eigenvalue weighted by Crippen LogP contribution is -2.19. The van der Waals surface area contributed by atoms with E-state index in [1.54, 1.807) is 19.5 Å². The summed E-state index contributed by atoms with van der Waals surface area (Å²) in [7, 11) is 1.64. The van der Waals surface area contributed by atoms with Gasteiger partial charge in [0, 0.05) is 24.1 Å². The Labute approximate surface area is 168 Å². The average molecular weight is 398 g/mol. The SMILES string of the molecule is COc1ccc(-n2ccnc2SCC(=O)Nc2ccnn2C2CCCC2)cc1. The number of ether oxygens (including phenoxy) is 1. The Hall–Kier alpha value is -2.74. The predicted octanol–water partition coefficient (Wildman–Crippen LogP) is 3.92. The van der Waals surface area contributed by atoms with Crippen LogP contribution in [0.1, 0.15) is 31.7 Å². The molecule has 2 aromatic heterocycles. The molecule has 28 heavy (non-hydrogen) atoms. The van der Waals surface area contributed by atoms with Crippen molar-refractivity contribution in [2.75, 3.05) is 18.2 Å². The molecule has 0 radical (unpaired) electrons. The minimum atomic E-state index is -0.0611. The smallest absolute Gasteiger partial charge is 0.235 e. The van der Waals surface area contributed by atoms with Crippen molar-refractivity contribution in [3.05, 3.63) is 48.9 Å². The van der Waals surface area contributed by atoms with E-state index < -0.39 is 0 Å². The van der Waals surface area contributed by atoms with E-state index in [-0.39, 0.29) is 11.7 Å². The summed E-state index contributed by atoms with van der Waals surface area (Å²) in [5.74, 6) is 1.80. The van der Waals surface area contributed by atoms with Crippen molar-refractivity contribution < 1.29 is 9.53 Å². The van der Waals surface area contributed by atoms with E-state index in [0.717, 1.165) is 35.3 Å². The number of aromatic nitrogens is 4. The maximum absolute atomic E-state index is 12.5. The second-order valence-corrected chi connectivity index (χ2v) is 7.66. The van der Waals surface area contributed by atoms with Crippen molar-refractivity contribution >= 4 is 23.5 Å². The van der Waals surface area contributed by atoms with Gasteiger partial charge < -0.3 is 10.1 Å². The van der Waals surface area contributed by atoms with E-state index in [1.165, 1.54) is 24.6 Å². The number of amides is 1. The van der Waals surface area contributed by atoms with Gasteiger partial charge in [-0.25, -0.2) is 9.67 Å². The van der Waals surface area contributed by atoms with E-state index in [0.29, 0.717) is 6.04 Å². The van der Waals surface area contributed by atoms with Gasteiger partial charge in [0.1, 0.15) is 11.6 Å². The van der Waals surface area contributed by atoms with E-state index in [1.807, 2.05) is 45.8 Å². The van der Waals surface area contributed by atoms with Gasteiger partial charge in [0.05, 0.1) is 25.1 Å². The summed E-state index contributed by atoms with van der Waals surface area (Å²) in [6.07, 6.45) is 10.1. The van der Waals surface area contributed by atoms with Crippen LogP contribution < -0.4 is 10.1 Å². The molecule has 1 N–H and O–H groups in total. The number of carbonyl (C=O) groups excluding carboxylic acids is 1. The zero-order valence-electron chi connectivity index (χ0n) is 15.7. The van der Waals surface area contributed by atoms with Gasteiger partial charge in [-0.1, -0.05) is 24.6 Å². The number of carbonyl (C=O) groups is 1. The molecule has 1 amide bonds. The molecule has 0 bridgehead atoms. The van der Waals surface area contributed by atoms with E-state index in [2.05, 4.69) is 15.4 Å². The second-order valence-electron chi connectivity index (χ2n) is 6.71. The molecule has 0 atom stereocenters. The Kier molecular flexibility index (Phi) is 5.66. The molecule has 146 valence electrons. The van der Waals surface area contributed by atoms with E-state index in [9.17, 15) is 4.79 Å². The molecule has 1 saturated carbocycles. The third kappa shape index (κ3) is 4.06. The monoisotopic (exact) mass is 397 g/mol. The molecule has 0 unspecified atom stereocenters. The lowest BCUT2D eigenvalue weighted by molar-refractivity contribution is -0.113. The maximum atomic E-state index is 12.5. The Morgan fingerprint density at radius 2 is 2.00 bits per heavy atom. The van der Waals surface area contributed by atoms with Crippen LogP contribution in [0.3, 0.4) is 0 Å². The Balaban J connectivity index is 1.38. The fraction of sp³-hybridized carbons (Fsp3) is 0.350. The average Bonchev–Trinajstić information content (AvgIpc) is 3.47. The molecule has 1 aromatic carbocycles. The zero-order chi connectivity index (χ0) is 19.3. The number of thioether (sulfide) groups is 1. The quantitative estimate of drug-likeness (QED) is 0.612. The van der Waals surface area contributed by atoms with Gasteiger partial charge in [0.2, 0.25) is 5.91 Å². The van der Waals surface area contributed by atoms with Crippen molar-refractivity contribution in [1.82, 2.24) is 19.3 Å². The van der Waals surface area contributed by atoms with Crippen molar-refractivity contribution in [1.29, 1.82) is 0 Å². The number of anilines is 1. The van der Waals surface area contributed by atoms with Crippen molar-refractivity contribution in [3.63, 3.8) is 0 Å². The first-order valence-electron chi connectivity index (χ1n) is 9.38. The van der Waals surface area contributed by atoms with E-state index >= 15 is 0 Å². The molecular formula is C20H23N5O2S. The Morgan fingerprint density at radius 3 is 2.75 bits per heavy atom. The fourth-order valence-corrected chi connectivity index (χ4v) is 4.27. The first-order chi connectivity index (χ1) is 13.7. The summed E-state index contributed by atoms with van der Waals surface area (Å²) < 4.78 is 9.11. The summed E-state index contributed by atoms with van der Waals surface area (Å²) in [4.78, 5) is 16.9. The number of hydrogen-bond acceptors (Lipinski definition) is 5. The molecular weight excluding hydrogens is 374 g/mol. The number of benzene rings is 1. The Morgan fingerprint density at radius 1 is 1.21 bits per heavy atom. The first-order valence-corrected chi connectivity index (χ1v) is 10.4. The van der Waals surface area contributed by atoms with Crippen molar-refractivity contribution in [2.45, 2.75) is 36.9 Å². The molecule has 1 aliphatic carbocycles. The van der Waals surface area contributed by atoms with Crippen LogP contribution in [0.4, 0.5) is 5.82 Å². The predicted molar refractivity (Wildman–Crippen MR) is 109 cm³/mol. The number of nitrogens with one attached hydrogen (secondary N) is 1. The number of imidazole rings is 1. The molecule has 0 saturated heterocycles. The fourth-order valence-electron chi connectivity index (χ4n) is 3.50. The van der Waals surface area contributed by atoms with Gasteiger partial charge in [-0.3, -0.25) is 9.36 Å². The molecule has 8 heteroatoms. The highest BCUT2D eigenvalue weighted by Gasteiger charge is 2.20. The topological polar surface area (TPSA) is 74.0 Å². The van der Waals surface area contributed by atoms with Gasteiger partial charge in [-0.2, -0.15) is 5.10 Å². The second kappa shape index (κ2) is 8.52. The standard InChI is InChI=1S/C20H23N5O2S/c1-27-17-8-6-15(7-9-17)24-13-12-21-20(24)28-14-19(26)23-18-10-11-22-25(18)16-4-2-3-5-16/h6-13,16H,2-5,14H2,1H3,(H,23,26). The summed E-state index contributed by atoms with van der Waals surface area (Å²) in [6.45, 7) is 0. The summed E-state index contributed by atoms with van der Waals surface area (Å²) >= 11 is 1.41. The van der Waals surface area contributed by atoms with Crippen LogP contribution in [0.15, 0.2) is 54.1 Å². The van der Waals surface area contributed by atoms with Crippen LogP contribution >= 0.6 is 11.8 Å². The number of methoxy groups -OCH3 is 1. The first kappa shape index (κ1) is 18.6. The van der Waals surface area contributed by atoms with Gasteiger partial charge in [0.15, 0.2) is 5.16 Å². The summed E-state index contributed by atoms with van der Waals surface area (Å²) in [5.41, 5.74) is 0.973. The van der Waals surface area contributed by atoms with Crippen LogP contribution in [0, 0.1) is 0 Å². The minimum absolute atomic E-state index is 0.0611. The van der Waals surface area contributed by atoms with Crippen LogP contribution in [0.5, 0.6) is 5.75 Å². The van der Waals surface area contributed by atoms with Crippen LogP contribution in [-0.2, 0) is 4.79 Å². The highest BCUT2D eigenvalue weighted by molar-refractivity contribution is 7.99. The zero-order valence-corrected chi connectivity index (χ0v) is 16.6. The minimum Gasteiger partial charge on any atom is -0.497 e. The number of rotatable bonds is 7. The van der Waals surface area contributed by atoms with Crippen molar-refractivity contribution in [3.8, 4) is 11.4 Å². The van der Waals surface area contributed by atoms with Gasteiger partial charge in [0.25, 0.3) is 0 Å². The number of nitrogens with zero attached hydrogens (tertiary/aromatic N) is 4. The molecule has 7 nitrogen and oxygen atoms in total. The maximum Gasteiger partial charge on any atom is 0.235 e. The van der Waals surface area contributed by atoms with Gasteiger partial charge in [-0.05, 0) is 37.1 Å². The highest BCUT2D eigenvalue weighted by Crippen LogP contribution is 2.31. The van der Waals surface area contributed by atoms with Gasteiger partial charge >= 0.3 is 0 Å². The molecule has 0 aliphatic heterocycles. The van der Waals surface area contributed by atoms with Crippen molar-refractivity contribution in [2.24, 2.45) is 0 Å².